The second kappa shape index (κ2) is 6.06. The van der Waals surface area contributed by atoms with Gasteiger partial charge in [0.05, 0.1) is 0 Å². The smallest absolute Gasteiger partial charge is 0.406 e. The Balaban J connectivity index is 2.33. The third kappa shape index (κ3) is 3.90. The Morgan fingerprint density at radius 3 is 2.35 bits per heavy atom. The summed E-state index contributed by atoms with van der Waals surface area (Å²) in [6.07, 6.45) is -4.70. The van der Waals surface area contributed by atoms with Crippen molar-refractivity contribution in [2.24, 2.45) is 0 Å². The first-order valence-corrected chi connectivity index (χ1v) is 7.09. The van der Waals surface area contributed by atoms with Gasteiger partial charge in [-0.05, 0) is 34.9 Å². The van der Waals surface area contributed by atoms with Crippen LogP contribution in [0.25, 0.3) is 11.1 Å². The van der Waals surface area contributed by atoms with Crippen molar-refractivity contribution in [1.82, 2.24) is 0 Å². The van der Waals surface area contributed by atoms with E-state index in [1.165, 1.54) is 18.2 Å². The number of alkyl halides is 4. The molecule has 2 rings (SSSR count). The van der Waals surface area contributed by atoms with Crippen LogP contribution in [0, 0.1) is 0 Å². The van der Waals surface area contributed by atoms with Crippen molar-refractivity contribution in [1.29, 1.82) is 0 Å². The average Bonchev–Trinajstić information content (AvgIpc) is 2.37. The lowest BCUT2D eigenvalue weighted by molar-refractivity contribution is -0.274. The molecule has 2 aromatic carbocycles. The summed E-state index contributed by atoms with van der Waals surface area (Å²) in [6.45, 7) is 0. The minimum atomic E-state index is -4.70. The Bertz CT molecular complexity index is 614. The highest BCUT2D eigenvalue weighted by molar-refractivity contribution is 9.08. The van der Waals surface area contributed by atoms with Crippen LogP contribution in [0.5, 0.6) is 5.75 Å². The minimum Gasteiger partial charge on any atom is -0.406 e. The lowest BCUT2D eigenvalue weighted by Gasteiger charge is -2.10. The number of ether oxygens (including phenoxy) is 1. The Labute approximate surface area is 127 Å². The number of rotatable bonds is 3. The summed E-state index contributed by atoms with van der Waals surface area (Å²) in [5.41, 5.74) is 2.25. The summed E-state index contributed by atoms with van der Waals surface area (Å²) >= 11 is 9.39. The van der Waals surface area contributed by atoms with Crippen molar-refractivity contribution < 1.29 is 17.9 Å². The van der Waals surface area contributed by atoms with Gasteiger partial charge in [-0.2, -0.15) is 0 Å². The van der Waals surface area contributed by atoms with Gasteiger partial charge in [0, 0.05) is 10.4 Å². The fraction of sp³-hybridized carbons (Fsp3) is 0.143. The van der Waals surface area contributed by atoms with Gasteiger partial charge in [0.2, 0.25) is 0 Å². The van der Waals surface area contributed by atoms with Gasteiger partial charge in [-0.3, -0.25) is 0 Å². The maximum absolute atomic E-state index is 12.2. The minimum absolute atomic E-state index is 0.254. The van der Waals surface area contributed by atoms with E-state index < -0.39 is 6.36 Å². The van der Waals surface area contributed by atoms with E-state index >= 15 is 0 Å². The molecule has 0 amide bonds. The predicted molar refractivity (Wildman–Crippen MR) is 76.2 cm³/mol. The fourth-order valence-corrected chi connectivity index (χ4v) is 2.61. The monoisotopic (exact) mass is 364 g/mol. The Morgan fingerprint density at radius 2 is 1.75 bits per heavy atom. The Morgan fingerprint density at radius 1 is 1.05 bits per heavy atom. The molecule has 106 valence electrons. The lowest BCUT2D eigenvalue weighted by Crippen LogP contribution is -2.17. The van der Waals surface area contributed by atoms with Crippen molar-refractivity contribution in [3.8, 4) is 16.9 Å². The number of halogens is 5. The zero-order chi connectivity index (χ0) is 14.8. The molecule has 0 radical (unpaired) electrons. The van der Waals surface area contributed by atoms with Crippen LogP contribution >= 0.6 is 27.5 Å². The van der Waals surface area contributed by atoms with Crippen molar-refractivity contribution in [3.05, 3.63) is 53.1 Å². The molecule has 0 fully saturated rings. The van der Waals surface area contributed by atoms with Crippen LogP contribution in [0.3, 0.4) is 0 Å². The molecule has 0 bridgehead atoms. The summed E-state index contributed by atoms with van der Waals surface area (Å²) in [6, 6.07) is 11.1. The average molecular weight is 366 g/mol. The van der Waals surface area contributed by atoms with E-state index in [9.17, 15) is 13.2 Å². The topological polar surface area (TPSA) is 9.23 Å². The van der Waals surface area contributed by atoms with Gasteiger partial charge in [-0.25, -0.2) is 0 Å². The second-order valence-electron chi connectivity index (χ2n) is 4.02. The first kappa shape index (κ1) is 15.2. The third-order valence-corrected chi connectivity index (χ3v) is 3.55. The molecular weight excluding hydrogens is 357 g/mol. The summed E-state index contributed by atoms with van der Waals surface area (Å²) in [4.78, 5) is 0. The van der Waals surface area contributed by atoms with Gasteiger partial charge in [-0.15, -0.1) is 13.2 Å². The standard InChI is InChI=1S/C14H9BrClF3O/c15-8-11-5-4-10(7-13(11)16)9-2-1-3-12(6-9)20-14(17,18)19/h1-7H,8H2. The van der Waals surface area contributed by atoms with Crippen molar-refractivity contribution in [3.63, 3.8) is 0 Å². The number of hydrogen-bond acceptors (Lipinski definition) is 1. The molecule has 0 N–H and O–H groups in total. The van der Waals surface area contributed by atoms with Crippen molar-refractivity contribution in [2.45, 2.75) is 11.7 Å². The Hall–Kier alpha value is -1.20. The molecular formula is C14H9BrClF3O. The molecule has 0 aliphatic rings. The maximum Gasteiger partial charge on any atom is 0.573 e. The van der Waals surface area contributed by atoms with Crippen LogP contribution in [0.4, 0.5) is 13.2 Å². The molecule has 0 aliphatic heterocycles. The maximum atomic E-state index is 12.2. The van der Waals surface area contributed by atoms with Gasteiger partial charge >= 0.3 is 6.36 Å². The fourth-order valence-electron chi connectivity index (χ4n) is 1.71. The van der Waals surface area contributed by atoms with Crippen LogP contribution in [0.2, 0.25) is 5.02 Å². The third-order valence-electron chi connectivity index (χ3n) is 2.60. The molecule has 0 atom stereocenters. The highest BCUT2D eigenvalue weighted by Crippen LogP contribution is 2.30. The first-order chi connectivity index (χ1) is 9.39. The van der Waals surface area contributed by atoms with E-state index in [0.717, 1.165) is 11.1 Å². The van der Waals surface area contributed by atoms with Crippen LogP contribution in [0.1, 0.15) is 5.56 Å². The van der Waals surface area contributed by atoms with Gasteiger partial charge in [0.15, 0.2) is 0 Å². The SMILES string of the molecule is FC(F)(F)Oc1cccc(-c2ccc(CBr)c(Cl)c2)c1. The van der Waals surface area contributed by atoms with E-state index in [-0.39, 0.29) is 5.75 Å². The highest BCUT2D eigenvalue weighted by atomic mass is 79.9. The molecule has 0 spiro atoms. The molecule has 0 saturated heterocycles. The molecule has 0 aliphatic carbocycles. The van der Waals surface area contributed by atoms with Crippen LogP contribution < -0.4 is 4.74 Å². The molecule has 20 heavy (non-hydrogen) atoms. The van der Waals surface area contributed by atoms with Gasteiger partial charge < -0.3 is 4.74 Å². The molecule has 1 nitrogen and oxygen atoms in total. The first-order valence-electron chi connectivity index (χ1n) is 5.59. The van der Waals surface area contributed by atoms with Crippen LogP contribution in [-0.2, 0) is 5.33 Å². The zero-order valence-electron chi connectivity index (χ0n) is 10.0. The summed E-state index contributed by atoms with van der Waals surface area (Å²) < 4.78 is 40.5. The summed E-state index contributed by atoms with van der Waals surface area (Å²) in [5.74, 6) is -0.254. The number of benzene rings is 2. The van der Waals surface area contributed by atoms with Crippen LogP contribution in [-0.4, -0.2) is 6.36 Å². The van der Waals surface area contributed by atoms with Crippen molar-refractivity contribution >= 4 is 27.5 Å². The highest BCUT2D eigenvalue weighted by Gasteiger charge is 2.31. The Kier molecular flexibility index (Phi) is 4.60. The summed E-state index contributed by atoms with van der Waals surface area (Å²) in [5, 5.41) is 1.17. The predicted octanol–water partition coefficient (Wildman–Crippen LogP) is 5.80. The van der Waals surface area contributed by atoms with Gasteiger partial charge in [0.25, 0.3) is 0 Å². The van der Waals surface area contributed by atoms with E-state index in [1.807, 2.05) is 6.07 Å². The number of hydrogen-bond donors (Lipinski definition) is 0. The van der Waals surface area contributed by atoms with E-state index in [0.29, 0.717) is 15.9 Å². The van der Waals surface area contributed by atoms with Gasteiger partial charge in [-0.1, -0.05) is 51.8 Å². The molecule has 0 heterocycles. The largest absolute Gasteiger partial charge is 0.573 e. The molecule has 0 aromatic heterocycles. The molecule has 2 aromatic rings. The van der Waals surface area contributed by atoms with Crippen molar-refractivity contribution in [2.75, 3.05) is 0 Å². The quantitative estimate of drug-likeness (QED) is 0.625. The lowest BCUT2D eigenvalue weighted by atomic mass is 10.0. The molecule has 6 heteroatoms. The van der Waals surface area contributed by atoms with E-state index in [1.54, 1.807) is 18.2 Å². The normalized spacial score (nSPS) is 11.4. The van der Waals surface area contributed by atoms with E-state index in [2.05, 4.69) is 20.7 Å². The zero-order valence-corrected chi connectivity index (χ0v) is 12.4. The van der Waals surface area contributed by atoms with Gasteiger partial charge in [0.1, 0.15) is 5.75 Å². The second-order valence-corrected chi connectivity index (χ2v) is 4.98. The summed E-state index contributed by atoms with van der Waals surface area (Å²) in [7, 11) is 0. The molecule has 0 unspecified atom stereocenters. The van der Waals surface area contributed by atoms with Crippen LogP contribution in [0.15, 0.2) is 42.5 Å². The van der Waals surface area contributed by atoms with E-state index in [4.69, 9.17) is 11.6 Å². The molecule has 0 saturated carbocycles.